The molecule has 3 aromatic rings. The summed E-state index contributed by atoms with van der Waals surface area (Å²) in [5.41, 5.74) is 1.57. The van der Waals surface area contributed by atoms with Crippen molar-refractivity contribution in [3.05, 3.63) is 52.8 Å². The van der Waals surface area contributed by atoms with Gasteiger partial charge in [-0.15, -0.1) is 10.2 Å². The fourth-order valence-electron chi connectivity index (χ4n) is 2.64. The molecule has 2 heterocycles. The molecule has 1 fully saturated rings. The van der Waals surface area contributed by atoms with E-state index >= 15 is 0 Å². The van der Waals surface area contributed by atoms with Gasteiger partial charge in [-0.25, -0.2) is 0 Å². The van der Waals surface area contributed by atoms with Gasteiger partial charge in [0.15, 0.2) is 11.0 Å². The summed E-state index contributed by atoms with van der Waals surface area (Å²) in [6.07, 6.45) is 5.51. The molecule has 6 nitrogen and oxygen atoms in total. The predicted molar refractivity (Wildman–Crippen MR) is 111 cm³/mol. The minimum Gasteiger partial charge on any atom is -0.352 e. The number of thioether (sulfide) groups is 1. The topological polar surface area (TPSA) is 72.7 Å². The number of halogens is 2. The molecule has 1 atom stereocenters. The quantitative estimate of drug-likeness (QED) is 0.583. The summed E-state index contributed by atoms with van der Waals surface area (Å²) in [5, 5.41) is 12.9. The maximum atomic E-state index is 12.4. The Kier molecular flexibility index (Phi) is 5.57. The average Bonchev–Trinajstić information content (AvgIpc) is 3.42. The van der Waals surface area contributed by atoms with Gasteiger partial charge in [-0.1, -0.05) is 35.0 Å². The molecule has 144 valence electrons. The van der Waals surface area contributed by atoms with Crippen LogP contribution in [0.15, 0.2) is 47.9 Å². The van der Waals surface area contributed by atoms with E-state index in [0.717, 1.165) is 24.1 Å². The van der Waals surface area contributed by atoms with Crippen LogP contribution in [0.2, 0.25) is 10.0 Å². The van der Waals surface area contributed by atoms with Crippen LogP contribution in [0.4, 0.5) is 0 Å². The standard InChI is InChI=1S/C19H17Cl2N5OS/c1-11(18(27)23-13-4-5-13)28-19-25-24-17(12-3-2-8-22-10-12)26(19)14-6-7-15(20)16(21)9-14/h2-3,6-11,13H,4-5H2,1H3,(H,23,27). The molecular formula is C19H17Cl2N5OS. The lowest BCUT2D eigenvalue weighted by Gasteiger charge is -2.14. The molecule has 4 rings (SSSR count). The highest BCUT2D eigenvalue weighted by Gasteiger charge is 2.27. The summed E-state index contributed by atoms with van der Waals surface area (Å²) in [4.78, 5) is 16.5. The second kappa shape index (κ2) is 8.11. The van der Waals surface area contributed by atoms with Gasteiger partial charge >= 0.3 is 0 Å². The predicted octanol–water partition coefficient (Wildman–Crippen LogP) is 4.40. The molecular weight excluding hydrogens is 417 g/mol. The first kappa shape index (κ1) is 19.2. The Morgan fingerprint density at radius 1 is 1.25 bits per heavy atom. The zero-order valence-electron chi connectivity index (χ0n) is 15.0. The van der Waals surface area contributed by atoms with Crippen LogP contribution >= 0.6 is 35.0 Å². The van der Waals surface area contributed by atoms with E-state index in [4.69, 9.17) is 23.2 Å². The summed E-state index contributed by atoms with van der Waals surface area (Å²) < 4.78 is 1.87. The van der Waals surface area contributed by atoms with E-state index in [1.54, 1.807) is 24.5 Å². The van der Waals surface area contributed by atoms with E-state index < -0.39 is 0 Å². The maximum absolute atomic E-state index is 12.4. The number of rotatable bonds is 6. The number of hydrogen-bond acceptors (Lipinski definition) is 5. The van der Waals surface area contributed by atoms with Crippen molar-refractivity contribution >= 4 is 40.9 Å². The second-order valence-electron chi connectivity index (χ2n) is 6.52. The van der Waals surface area contributed by atoms with Crippen LogP contribution in [0.1, 0.15) is 19.8 Å². The van der Waals surface area contributed by atoms with Crippen LogP contribution in [-0.4, -0.2) is 36.9 Å². The molecule has 9 heteroatoms. The van der Waals surface area contributed by atoms with E-state index in [1.165, 1.54) is 11.8 Å². The molecule has 1 aliphatic carbocycles. The molecule has 0 radical (unpaired) electrons. The number of carbonyl (C=O) groups is 1. The van der Waals surface area contributed by atoms with E-state index in [-0.39, 0.29) is 11.2 Å². The number of nitrogens with zero attached hydrogens (tertiary/aromatic N) is 4. The van der Waals surface area contributed by atoms with Crippen LogP contribution in [0.3, 0.4) is 0 Å². The zero-order chi connectivity index (χ0) is 19.7. The van der Waals surface area contributed by atoms with Gasteiger partial charge in [0.05, 0.1) is 21.0 Å². The molecule has 1 saturated carbocycles. The van der Waals surface area contributed by atoms with E-state index in [1.807, 2.05) is 29.7 Å². The average molecular weight is 434 g/mol. The van der Waals surface area contributed by atoms with Crippen LogP contribution in [-0.2, 0) is 4.79 Å². The monoisotopic (exact) mass is 433 g/mol. The van der Waals surface area contributed by atoms with Crippen molar-refractivity contribution in [2.24, 2.45) is 0 Å². The number of benzene rings is 1. The molecule has 1 aliphatic rings. The van der Waals surface area contributed by atoms with Crippen molar-refractivity contribution in [2.45, 2.75) is 36.2 Å². The second-order valence-corrected chi connectivity index (χ2v) is 8.65. The van der Waals surface area contributed by atoms with Gasteiger partial charge in [-0.3, -0.25) is 14.3 Å². The number of carbonyl (C=O) groups excluding carboxylic acids is 1. The molecule has 1 amide bonds. The minimum absolute atomic E-state index is 0.000818. The normalized spacial score (nSPS) is 14.7. The molecule has 1 N–H and O–H groups in total. The van der Waals surface area contributed by atoms with Crippen molar-refractivity contribution in [3.8, 4) is 17.1 Å². The molecule has 1 aromatic carbocycles. The largest absolute Gasteiger partial charge is 0.352 e. The molecule has 1 unspecified atom stereocenters. The Morgan fingerprint density at radius 2 is 2.07 bits per heavy atom. The van der Waals surface area contributed by atoms with Crippen molar-refractivity contribution < 1.29 is 4.79 Å². The zero-order valence-corrected chi connectivity index (χ0v) is 17.3. The fraction of sp³-hybridized carbons (Fsp3) is 0.263. The molecule has 28 heavy (non-hydrogen) atoms. The third-order valence-corrected chi connectivity index (χ3v) is 6.07. The Balaban J connectivity index is 1.72. The highest BCUT2D eigenvalue weighted by atomic mass is 35.5. The lowest BCUT2D eigenvalue weighted by molar-refractivity contribution is -0.120. The van der Waals surface area contributed by atoms with Crippen LogP contribution in [0.5, 0.6) is 0 Å². The number of aromatic nitrogens is 4. The Hall–Kier alpha value is -2.09. The maximum Gasteiger partial charge on any atom is 0.233 e. The van der Waals surface area contributed by atoms with E-state index in [2.05, 4.69) is 20.5 Å². The highest BCUT2D eigenvalue weighted by Crippen LogP contribution is 2.33. The van der Waals surface area contributed by atoms with Gasteiger partial charge in [0.25, 0.3) is 0 Å². The lowest BCUT2D eigenvalue weighted by Crippen LogP contribution is -2.32. The first-order chi connectivity index (χ1) is 13.5. The van der Waals surface area contributed by atoms with Gasteiger partial charge in [0, 0.05) is 24.0 Å². The summed E-state index contributed by atoms with van der Waals surface area (Å²) >= 11 is 13.7. The Morgan fingerprint density at radius 3 is 2.75 bits per heavy atom. The van der Waals surface area contributed by atoms with Gasteiger partial charge < -0.3 is 5.32 Å². The van der Waals surface area contributed by atoms with E-state index in [9.17, 15) is 4.79 Å². The Labute approximate surface area is 176 Å². The lowest BCUT2D eigenvalue weighted by atomic mass is 10.2. The smallest absolute Gasteiger partial charge is 0.233 e. The summed E-state index contributed by atoms with van der Waals surface area (Å²) in [6.45, 7) is 1.86. The number of pyridine rings is 1. The van der Waals surface area contributed by atoms with E-state index in [0.29, 0.717) is 27.1 Å². The molecule has 0 spiro atoms. The SMILES string of the molecule is CC(Sc1nnc(-c2cccnc2)n1-c1ccc(Cl)c(Cl)c1)C(=O)NC1CC1. The number of amides is 1. The Bertz CT molecular complexity index is 1010. The van der Waals surface area contributed by atoms with Crippen LogP contribution in [0, 0.1) is 0 Å². The number of hydrogen-bond donors (Lipinski definition) is 1. The summed E-state index contributed by atoms with van der Waals surface area (Å²) in [6, 6.07) is 9.38. The molecule has 2 aromatic heterocycles. The van der Waals surface area contributed by atoms with Gasteiger partial charge in [-0.2, -0.15) is 0 Å². The number of nitrogens with one attached hydrogen (secondary N) is 1. The highest BCUT2D eigenvalue weighted by molar-refractivity contribution is 8.00. The molecule has 0 bridgehead atoms. The van der Waals surface area contributed by atoms with Gasteiger partial charge in [0.1, 0.15) is 0 Å². The van der Waals surface area contributed by atoms with Crippen molar-refractivity contribution in [3.63, 3.8) is 0 Å². The van der Waals surface area contributed by atoms with Crippen LogP contribution in [0.25, 0.3) is 17.1 Å². The van der Waals surface area contributed by atoms with Crippen LogP contribution < -0.4 is 5.32 Å². The van der Waals surface area contributed by atoms with Gasteiger partial charge in [0.2, 0.25) is 5.91 Å². The first-order valence-electron chi connectivity index (χ1n) is 8.81. The fourth-order valence-corrected chi connectivity index (χ4v) is 3.81. The summed E-state index contributed by atoms with van der Waals surface area (Å²) in [7, 11) is 0. The molecule has 0 saturated heterocycles. The first-order valence-corrected chi connectivity index (χ1v) is 10.4. The molecule has 0 aliphatic heterocycles. The van der Waals surface area contributed by atoms with Gasteiger partial charge in [-0.05, 0) is 50.1 Å². The van der Waals surface area contributed by atoms with Crippen molar-refractivity contribution in [1.82, 2.24) is 25.1 Å². The van der Waals surface area contributed by atoms with Crippen molar-refractivity contribution in [2.75, 3.05) is 0 Å². The third kappa shape index (κ3) is 4.16. The minimum atomic E-state index is -0.312. The summed E-state index contributed by atoms with van der Waals surface area (Å²) in [5.74, 6) is 0.614. The third-order valence-electron chi connectivity index (χ3n) is 4.29. The van der Waals surface area contributed by atoms with Crippen molar-refractivity contribution in [1.29, 1.82) is 0 Å².